The van der Waals surface area contributed by atoms with Crippen LogP contribution in [0.15, 0.2) is 24.4 Å². The lowest BCUT2D eigenvalue weighted by molar-refractivity contribution is 0.750. The van der Waals surface area contributed by atoms with Gasteiger partial charge in [0.15, 0.2) is 0 Å². The van der Waals surface area contributed by atoms with E-state index in [9.17, 15) is 0 Å². The molecule has 94 valence electrons. The first kappa shape index (κ1) is 11.9. The van der Waals surface area contributed by atoms with Gasteiger partial charge in [-0.1, -0.05) is 23.2 Å². The van der Waals surface area contributed by atoms with Crippen molar-refractivity contribution in [3.63, 3.8) is 0 Å². The first-order valence-electron chi connectivity index (χ1n) is 5.91. The van der Waals surface area contributed by atoms with Crippen LogP contribution in [0, 0.1) is 6.92 Å². The van der Waals surface area contributed by atoms with Crippen molar-refractivity contribution in [2.24, 2.45) is 0 Å². The highest BCUT2D eigenvalue weighted by Gasteiger charge is 2.26. The summed E-state index contributed by atoms with van der Waals surface area (Å²) in [6.07, 6.45) is 4.54. The monoisotopic (exact) mass is 281 g/mol. The molecular weight excluding hydrogens is 269 g/mol. The van der Waals surface area contributed by atoms with E-state index < -0.39 is 0 Å². The van der Waals surface area contributed by atoms with Crippen LogP contribution in [0.25, 0.3) is 0 Å². The number of aryl methyl sites for hydroxylation is 1. The maximum Gasteiger partial charge on any atom is 0.207 e. The Bertz CT molecular complexity index is 588. The fourth-order valence-electron chi connectivity index (χ4n) is 1.94. The average Bonchev–Trinajstić information content (AvgIpc) is 3.09. The number of benzene rings is 1. The molecule has 0 saturated heterocycles. The van der Waals surface area contributed by atoms with Gasteiger partial charge in [-0.15, -0.1) is 0 Å². The number of anilines is 2. The summed E-state index contributed by atoms with van der Waals surface area (Å²) in [5, 5.41) is 4.40. The maximum atomic E-state index is 6.00. The van der Waals surface area contributed by atoms with Crippen molar-refractivity contribution in [1.82, 2.24) is 9.55 Å². The Morgan fingerprint density at radius 2 is 2.06 bits per heavy atom. The molecule has 3 rings (SSSR count). The Balaban J connectivity index is 1.89. The van der Waals surface area contributed by atoms with Gasteiger partial charge in [0.05, 0.1) is 15.7 Å². The molecule has 0 bridgehead atoms. The maximum absolute atomic E-state index is 6.00. The predicted molar refractivity (Wildman–Crippen MR) is 75.0 cm³/mol. The molecule has 1 aromatic heterocycles. The zero-order valence-corrected chi connectivity index (χ0v) is 11.5. The second-order valence-corrected chi connectivity index (χ2v) is 5.41. The third kappa shape index (κ3) is 2.33. The van der Waals surface area contributed by atoms with Crippen molar-refractivity contribution in [3.8, 4) is 0 Å². The summed E-state index contributed by atoms with van der Waals surface area (Å²) < 4.78 is 2.19. The number of rotatable bonds is 3. The summed E-state index contributed by atoms with van der Waals surface area (Å²) in [4.78, 5) is 4.50. The largest absolute Gasteiger partial charge is 0.326 e. The standard InChI is InChI=1S/C13H13Cl2N3/c1-8-7-18(10-3-4-10)13(16-8)17-9-2-5-11(14)12(15)6-9/h2,5-7,10H,3-4H2,1H3,(H,16,17). The summed E-state index contributed by atoms with van der Waals surface area (Å²) in [5.41, 5.74) is 1.92. The van der Waals surface area contributed by atoms with Gasteiger partial charge >= 0.3 is 0 Å². The zero-order valence-electron chi connectivity index (χ0n) is 9.95. The van der Waals surface area contributed by atoms with Crippen LogP contribution >= 0.6 is 23.2 Å². The molecule has 0 radical (unpaired) electrons. The highest BCUT2D eigenvalue weighted by molar-refractivity contribution is 6.42. The lowest BCUT2D eigenvalue weighted by Crippen LogP contribution is -2.01. The lowest BCUT2D eigenvalue weighted by Gasteiger charge is -2.09. The highest BCUT2D eigenvalue weighted by Crippen LogP contribution is 2.38. The SMILES string of the molecule is Cc1cn(C2CC2)c(Nc2ccc(Cl)c(Cl)c2)n1. The van der Waals surface area contributed by atoms with Gasteiger partial charge in [0.25, 0.3) is 0 Å². The van der Waals surface area contributed by atoms with Crippen LogP contribution < -0.4 is 5.32 Å². The molecule has 1 saturated carbocycles. The minimum absolute atomic E-state index is 0.544. The summed E-state index contributed by atoms with van der Waals surface area (Å²) in [7, 11) is 0. The van der Waals surface area contributed by atoms with Crippen LogP contribution in [-0.4, -0.2) is 9.55 Å². The second-order valence-electron chi connectivity index (χ2n) is 4.60. The van der Waals surface area contributed by atoms with E-state index >= 15 is 0 Å². The molecular formula is C13H13Cl2N3. The molecule has 0 atom stereocenters. The van der Waals surface area contributed by atoms with E-state index in [1.165, 1.54) is 12.8 Å². The first-order chi connectivity index (χ1) is 8.63. The molecule has 0 aliphatic heterocycles. The van der Waals surface area contributed by atoms with Gasteiger partial charge in [0, 0.05) is 17.9 Å². The summed E-state index contributed by atoms with van der Waals surface area (Å²) in [5.74, 6) is 0.869. The molecule has 5 heteroatoms. The van der Waals surface area contributed by atoms with Gasteiger partial charge in [-0.2, -0.15) is 0 Å². The normalized spacial score (nSPS) is 14.8. The fraction of sp³-hybridized carbons (Fsp3) is 0.308. The molecule has 1 aromatic carbocycles. The minimum Gasteiger partial charge on any atom is -0.326 e. The van der Waals surface area contributed by atoms with Crippen molar-refractivity contribution in [2.75, 3.05) is 5.32 Å². The summed E-state index contributed by atoms with van der Waals surface area (Å²) in [6, 6.07) is 6.08. The Morgan fingerprint density at radius 3 is 2.72 bits per heavy atom. The Hall–Kier alpha value is -1.19. The van der Waals surface area contributed by atoms with Crippen LogP contribution in [0.2, 0.25) is 10.0 Å². The van der Waals surface area contributed by atoms with Crippen LogP contribution in [0.4, 0.5) is 11.6 Å². The van der Waals surface area contributed by atoms with Crippen LogP contribution in [0.3, 0.4) is 0 Å². The minimum atomic E-state index is 0.544. The quantitative estimate of drug-likeness (QED) is 0.893. The molecule has 1 aliphatic carbocycles. The van der Waals surface area contributed by atoms with Gasteiger partial charge < -0.3 is 9.88 Å². The van der Waals surface area contributed by atoms with Crippen molar-refractivity contribution in [3.05, 3.63) is 40.1 Å². The van der Waals surface area contributed by atoms with Crippen molar-refractivity contribution in [1.29, 1.82) is 0 Å². The lowest BCUT2D eigenvalue weighted by atomic mass is 10.3. The highest BCUT2D eigenvalue weighted by atomic mass is 35.5. The topological polar surface area (TPSA) is 29.9 Å². The summed E-state index contributed by atoms with van der Waals surface area (Å²) in [6.45, 7) is 2.00. The van der Waals surface area contributed by atoms with Gasteiger partial charge in [-0.05, 0) is 38.0 Å². The third-order valence-corrected chi connectivity index (χ3v) is 3.71. The Kier molecular flexibility index (Phi) is 2.96. The number of hydrogen-bond donors (Lipinski definition) is 1. The van der Waals surface area contributed by atoms with Crippen LogP contribution in [-0.2, 0) is 0 Å². The molecule has 1 fully saturated rings. The number of imidazole rings is 1. The van der Waals surface area contributed by atoms with Gasteiger partial charge in [0.2, 0.25) is 5.95 Å². The molecule has 0 spiro atoms. The summed E-state index contributed by atoms with van der Waals surface area (Å²) >= 11 is 11.9. The molecule has 3 nitrogen and oxygen atoms in total. The number of aromatic nitrogens is 2. The molecule has 2 aromatic rings. The molecule has 18 heavy (non-hydrogen) atoms. The van der Waals surface area contributed by atoms with E-state index in [1.54, 1.807) is 6.07 Å². The Morgan fingerprint density at radius 1 is 1.28 bits per heavy atom. The smallest absolute Gasteiger partial charge is 0.207 e. The van der Waals surface area contributed by atoms with E-state index in [1.807, 2.05) is 19.1 Å². The molecule has 1 aliphatic rings. The molecule has 1 heterocycles. The van der Waals surface area contributed by atoms with Crippen molar-refractivity contribution in [2.45, 2.75) is 25.8 Å². The van der Waals surface area contributed by atoms with Gasteiger partial charge in [-0.3, -0.25) is 0 Å². The van der Waals surface area contributed by atoms with Gasteiger partial charge in [-0.25, -0.2) is 4.98 Å². The molecule has 0 amide bonds. The number of nitrogens with one attached hydrogen (secondary N) is 1. The number of hydrogen-bond acceptors (Lipinski definition) is 2. The van der Waals surface area contributed by atoms with E-state index in [0.717, 1.165) is 17.3 Å². The second kappa shape index (κ2) is 4.48. The van der Waals surface area contributed by atoms with Crippen molar-refractivity contribution >= 4 is 34.8 Å². The fourth-order valence-corrected chi connectivity index (χ4v) is 2.24. The van der Waals surface area contributed by atoms with Crippen molar-refractivity contribution < 1.29 is 0 Å². The van der Waals surface area contributed by atoms with Gasteiger partial charge in [0.1, 0.15) is 0 Å². The number of nitrogens with zero attached hydrogens (tertiary/aromatic N) is 2. The number of halogens is 2. The first-order valence-corrected chi connectivity index (χ1v) is 6.66. The van der Waals surface area contributed by atoms with E-state index in [2.05, 4.69) is 21.1 Å². The van der Waals surface area contributed by atoms with E-state index in [4.69, 9.17) is 23.2 Å². The third-order valence-electron chi connectivity index (χ3n) is 2.97. The van der Waals surface area contributed by atoms with Crippen LogP contribution in [0.1, 0.15) is 24.6 Å². The predicted octanol–water partition coefficient (Wildman–Crippen LogP) is 4.58. The zero-order chi connectivity index (χ0) is 12.7. The average molecular weight is 282 g/mol. The molecule has 1 N–H and O–H groups in total. The van der Waals surface area contributed by atoms with Crippen LogP contribution in [0.5, 0.6) is 0 Å². The molecule has 0 unspecified atom stereocenters. The van der Waals surface area contributed by atoms with E-state index in [-0.39, 0.29) is 0 Å². The Labute approximate surface area is 116 Å². The van der Waals surface area contributed by atoms with E-state index in [0.29, 0.717) is 16.1 Å².